The van der Waals surface area contributed by atoms with Crippen molar-refractivity contribution in [2.24, 2.45) is 0 Å². The van der Waals surface area contributed by atoms with Gasteiger partial charge in [-0.25, -0.2) is 4.57 Å². The van der Waals surface area contributed by atoms with E-state index in [1.807, 2.05) is 21.1 Å². The topological polar surface area (TPSA) is 91.3 Å². The smallest absolute Gasteiger partial charge is 0.457 e. The largest absolute Gasteiger partial charge is 0.472 e. The van der Waals surface area contributed by atoms with Gasteiger partial charge in [0.15, 0.2) is 0 Å². The van der Waals surface area contributed by atoms with Crippen molar-refractivity contribution >= 4 is 13.8 Å². The number of rotatable bonds is 36. The molecule has 0 rings (SSSR count). The summed E-state index contributed by atoms with van der Waals surface area (Å²) in [6, 6.07) is 0. The molecule has 288 valence electrons. The van der Waals surface area contributed by atoms with E-state index in [0.717, 1.165) is 57.8 Å². The number of nitrogens with zero attached hydrogens (tertiary/aromatic N) is 1. The lowest BCUT2D eigenvalue weighted by Crippen LogP contribution is -2.37. The van der Waals surface area contributed by atoms with Crippen LogP contribution in [0.2, 0.25) is 0 Å². The molecule has 0 fully saturated rings. The molecule has 2 atom stereocenters. The highest BCUT2D eigenvalue weighted by Crippen LogP contribution is 2.43. The molecular weight excluding hydrogens is 637 g/mol. The zero-order chi connectivity index (χ0) is 36.3. The van der Waals surface area contributed by atoms with E-state index in [2.05, 4.69) is 50.3 Å². The molecule has 0 spiro atoms. The number of allylic oxidation sites excluding steroid dienone is 6. The molecule has 8 nitrogen and oxygen atoms in total. The molecule has 0 radical (unpaired) electrons. The summed E-state index contributed by atoms with van der Waals surface area (Å²) in [4.78, 5) is 22.8. The molecule has 0 saturated carbocycles. The number of phosphoric acid groups is 1. The van der Waals surface area contributed by atoms with E-state index >= 15 is 0 Å². The summed E-state index contributed by atoms with van der Waals surface area (Å²) in [6.45, 7) is 5.49. The number of phosphoric ester groups is 1. The van der Waals surface area contributed by atoms with Crippen LogP contribution in [0.25, 0.3) is 0 Å². The van der Waals surface area contributed by atoms with Gasteiger partial charge in [0.1, 0.15) is 19.3 Å². The number of quaternary nitrogens is 1. The normalized spacial score (nSPS) is 14.3. The van der Waals surface area contributed by atoms with Crippen LogP contribution in [0.4, 0.5) is 0 Å². The van der Waals surface area contributed by atoms with Crippen molar-refractivity contribution < 1.29 is 37.3 Å². The zero-order valence-electron chi connectivity index (χ0n) is 32.4. The first-order chi connectivity index (χ1) is 23.6. The molecule has 0 aromatic carbocycles. The fourth-order valence-electron chi connectivity index (χ4n) is 5.15. The quantitative estimate of drug-likeness (QED) is 0.0227. The van der Waals surface area contributed by atoms with E-state index in [-0.39, 0.29) is 25.8 Å². The van der Waals surface area contributed by atoms with Crippen LogP contribution in [-0.4, -0.2) is 75.6 Å². The molecule has 2 unspecified atom stereocenters. The third-order valence-electron chi connectivity index (χ3n) is 8.22. The summed E-state index contributed by atoms with van der Waals surface area (Å²) in [7, 11) is 1.66. The van der Waals surface area contributed by atoms with Crippen LogP contribution in [0.3, 0.4) is 0 Å². The lowest BCUT2D eigenvalue weighted by atomic mass is 10.1. The predicted octanol–water partition coefficient (Wildman–Crippen LogP) is 11.0. The number of ether oxygens (including phenoxy) is 2. The first kappa shape index (κ1) is 47.7. The zero-order valence-corrected chi connectivity index (χ0v) is 33.3. The Morgan fingerprint density at radius 1 is 0.653 bits per heavy atom. The molecule has 0 aliphatic rings. The van der Waals surface area contributed by atoms with Crippen LogP contribution < -0.4 is 0 Å². The fraction of sp³-hybridized carbons (Fsp3) is 0.825. The van der Waals surface area contributed by atoms with Gasteiger partial charge in [-0.2, -0.15) is 0 Å². The Kier molecular flexibility index (Phi) is 33.0. The van der Waals surface area contributed by atoms with Gasteiger partial charge in [0, 0.05) is 13.0 Å². The number of esters is 1. The summed E-state index contributed by atoms with van der Waals surface area (Å²) in [5.74, 6) is -0.325. The average Bonchev–Trinajstić information content (AvgIpc) is 3.04. The Morgan fingerprint density at radius 3 is 1.78 bits per heavy atom. The van der Waals surface area contributed by atoms with Gasteiger partial charge in [-0.05, 0) is 44.9 Å². The van der Waals surface area contributed by atoms with Crippen molar-refractivity contribution in [2.75, 3.05) is 54.1 Å². The third kappa shape index (κ3) is 37.8. The maximum Gasteiger partial charge on any atom is 0.472 e. The summed E-state index contributed by atoms with van der Waals surface area (Å²) in [5.41, 5.74) is 0. The highest BCUT2D eigenvalue weighted by atomic mass is 31.2. The van der Waals surface area contributed by atoms with Gasteiger partial charge < -0.3 is 18.9 Å². The van der Waals surface area contributed by atoms with Crippen LogP contribution in [0.1, 0.15) is 155 Å². The molecule has 0 amide bonds. The van der Waals surface area contributed by atoms with E-state index in [1.54, 1.807) is 0 Å². The average molecular weight is 715 g/mol. The number of carbonyl (C=O) groups excluding carboxylic acids is 1. The molecule has 0 saturated heterocycles. The number of likely N-dealkylation sites (N-methyl/N-ethyl adjacent to an activating group) is 1. The van der Waals surface area contributed by atoms with E-state index in [4.69, 9.17) is 18.5 Å². The number of hydrogen-bond acceptors (Lipinski definition) is 6. The van der Waals surface area contributed by atoms with E-state index < -0.39 is 13.9 Å². The van der Waals surface area contributed by atoms with Crippen LogP contribution in [0, 0.1) is 0 Å². The molecule has 0 heterocycles. The molecule has 0 aliphatic heterocycles. The SMILES string of the molecule is CC/C=C\C/C=C\C/C=C\CCCCCCCCCC(=O)OC(COCCCCCCCCCCCC)COP(=O)(O)OCC[N+](C)(C)C. The molecular formula is C40H77NO7P+. The van der Waals surface area contributed by atoms with Gasteiger partial charge >= 0.3 is 13.8 Å². The minimum absolute atomic E-state index is 0.0868. The van der Waals surface area contributed by atoms with E-state index in [0.29, 0.717) is 24.1 Å². The fourth-order valence-corrected chi connectivity index (χ4v) is 5.90. The highest BCUT2D eigenvalue weighted by molar-refractivity contribution is 7.47. The van der Waals surface area contributed by atoms with Gasteiger partial charge in [-0.3, -0.25) is 13.8 Å². The predicted molar refractivity (Wildman–Crippen MR) is 206 cm³/mol. The number of hydrogen-bond donors (Lipinski definition) is 1. The van der Waals surface area contributed by atoms with E-state index in [1.165, 1.54) is 77.0 Å². The lowest BCUT2D eigenvalue weighted by Gasteiger charge is -2.24. The second-order valence-electron chi connectivity index (χ2n) is 14.3. The molecule has 0 bridgehead atoms. The van der Waals surface area contributed by atoms with Crippen molar-refractivity contribution in [3.8, 4) is 0 Å². The highest BCUT2D eigenvalue weighted by Gasteiger charge is 2.26. The third-order valence-corrected chi connectivity index (χ3v) is 9.20. The maximum atomic E-state index is 12.6. The molecule has 0 aliphatic carbocycles. The Hall–Kier alpha value is -1.28. The Morgan fingerprint density at radius 2 is 1.18 bits per heavy atom. The minimum atomic E-state index is -4.27. The molecule has 0 aromatic rings. The standard InChI is InChI=1S/C40H76NO7P/c1-6-8-10-12-14-16-18-19-20-21-22-23-24-25-27-29-31-33-40(42)48-39(38-47-49(43,44)46-36-34-41(3,4)5)37-45-35-32-30-28-26-17-15-13-11-9-7-2/h8,10,14,16,19-20,39H,6-7,9,11-13,15,17-18,21-38H2,1-5H3/p+1/b10-8-,16-14-,20-19-. The van der Waals surface area contributed by atoms with Crippen molar-refractivity contribution in [3.63, 3.8) is 0 Å². The van der Waals surface area contributed by atoms with Crippen LogP contribution in [0.15, 0.2) is 36.5 Å². The Bertz CT molecular complexity index is 884. The van der Waals surface area contributed by atoms with Gasteiger partial charge in [-0.1, -0.05) is 140 Å². The molecule has 49 heavy (non-hydrogen) atoms. The first-order valence-electron chi connectivity index (χ1n) is 19.7. The van der Waals surface area contributed by atoms with Gasteiger partial charge in [-0.15, -0.1) is 0 Å². The van der Waals surface area contributed by atoms with Crippen molar-refractivity contribution in [2.45, 2.75) is 161 Å². The lowest BCUT2D eigenvalue weighted by molar-refractivity contribution is -0.870. The van der Waals surface area contributed by atoms with Crippen LogP contribution >= 0.6 is 7.82 Å². The summed E-state index contributed by atoms with van der Waals surface area (Å²) in [6.07, 6.45) is 37.4. The van der Waals surface area contributed by atoms with Gasteiger partial charge in [0.25, 0.3) is 0 Å². The van der Waals surface area contributed by atoms with Crippen molar-refractivity contribution in [1.82, 2.24) is 0 Å². The Balaban J connectivity index is 4.27. The summed E-state index contributed by atoms with van der Waals surface area (Å²) >= 11 is 0. The molecule has 0 aromatic heterocycles. The van der Waals surface area contributed by atoms with Crippen LogP contribution in [0.5, 0.6) is 0 Å². The Labute approximate surface area is 302 Å². The van der Waals surface area contributed by atoms with Crippen LogP contribution in [-0.2, 0) is 27.9 Å². The monoisotopic (exact) mass is 715 g/mol. The number of carbonyl (C=O) groups is 1. The van der Waals surface area contributed by atoms with Gasteiger partial charge in [0.05, 0.1) is 34.4 Å². The first-order valence-corrected chi connectivity index (χ1v) is 21.2. The summed E-state index contributed by atoms with van der Waals surface area (Å²) in [5, 5.41) is 0. The minimum Gasteiger partial charge on any atom is -0.457 e. The second-order valence-corrected chi connectivity index (χ2v) is 15.7. The summed E-state index contributed by atoms with van der Waals surface area (Å²) < 4.78 is 34.8. The maximum absolute atomic E-state index is 12.6. The number of unbranched alkanes of at least 4 members (excludes halogenated alkanes) is 16. The van der Waals surface area contributed by atoms with E-state index in [9.17, 15) is 14.3 Å². The second kappa shape index (κ2) is 33.8. The molecule has 9 heteroatoms. The van der Waals surface area contributed by atoms with Gasteiger partial charge in [0.2, 0.25) is 0 Å². The van der Waals surface area contributed by atoms with Crippen molar-refractivity contribution in [3.05, 3.63) is 36.5 Å². The van der Waals surface area contributed by atoms with Crippen molar-refractivity contribution in [1.29, 1.82) is 0 Å². The molecule has 1 N–H and O–H groups in total.